The zero-order valence-corrected chi connectivity index (χ0v) is 14.7. The van der Waals surface area contributed by atoms with Crippen LogP contribution in [0.4, 0.5) is 10.5 Å². The maximum atomic E-state index is 12.2. The van der Waals surface area contributed by atoms with E-state index in [9.17, 15) is 19.5 Å². The van der Waals surface area contributed by atoms with Crippen molar-refractivity contribution < 1.29 is 29.0 Å². The summed E-state index contributed by atoms with van der Waals surface area (Å²) < 4.78 is 9.64. The van der Waals surface area contributed by atoms with Gasteiger partial charge in [0.2, 0.25) is 5.91 Å². The van der Waals surface area contributed by atoms with Gasteiger partial charge in [0.1, 0.15) is 12.6 Å². The lowest BCUT2D eigenvalue weighted by atomic mass is 10.2. The Morgan fingerprint density at radius 3 is 2.48 bits per heavy atom. The number of benzene rings is 2. The minimum atomic E-state index is -1.21. The lowest BCUT2D eigenvalue weighted by Crippen LogP contribution is -2.46. The number of alkyl carbamates (subject to hydrolysis) is 1. The molecule has 27 heavy (non-hydrogen) atoms. The molecule has 0 fully saturated rings. The van der Waals surface area contributed by atoms with Gasteiger partial charge < -0.3 is 25.2 Å². The standard InChI is InChI=1S/C19H20N2O6/c1-26-18(24)14-8-5-9-15(10-14)20-17(23)16(11-22)21-19(25)27-12-13-6-3-2-4-7-13/h2-10,16,22H,11-12H2,1H3,(H,20,23)(H,21,25). The van der Waals surface area contributed by atoms with Gasteiger partial charge in [-0.25, -0.2) is 9.59 Å². The number of aliphatic hydroxyl groups is 1. The van der Waals surface area contributed by atoms with E-state index in [2.05, 4.69) is 15.4 Å². The van der Waals surface area contributed by atoms with Crippen molar-refractivity contribution in [1.29, 1.82) is 0 Å². The quantitative estimate of drug-likeness (QED) is 0.638. The number of amides is 2. The number of carbonyl (C=O) groups excluding carboxylic acids is 3. The number of rotatable bonds is 7. The van der Waals surface area contributed by atoms with Crippen molar-refractivity contribution >= 4 is 23.7 Å². The maximum Gasteiger partial charge on any atom is 0.408 e. The fraction of sp³-hybridized carbons (Fsp3) is 0.211. The molecule has 3 N–H and O–H groups in total. The third kappa shape index (κ3) is 6.12. The first kappa shape index (κ1) is 19.9. The smallest absolute Gasteiger partial charge is 0.408 e. The van der Waals surface area contributed by atoms with E-state index in [4.69, 9.17) is 4.74 Å². The van der Waals surface area contributed by atoms with E-state index in [0.29, 0.717) is 5.69 Å². The molecule has 142 valence electrons. The van der Waals surface area contributed by atoms with Crippen LogP contribution in [0.5, 0.6) is 0 Å². The van der Waals surface area contributed by atoms with Gasteiger partial charge in [0.25, 0.3) is 0 Å². The molecule has 0 aliphatic carbocycles. The molecule has 0 heterocycles. The number of esters is 1. The van der Waals surface area contributed by atoms with E-state index in [1.54, 1.807) is 24.3 Å². The molecule has 2 aromatic carbocycles. The molecule has 8 heteroatoms. The molecular formula is C19H20N2O6. The van der Waals surface area contributed by atoms with Crippen LogP contribution in [0.15, 0.2) is 54.6 Å². The Kier molecular flexibility index (Phi) is 7.33. The van der Waals surface area contributed by atoms with Gasteiger partial charge in [0.05, 0.1) is 19.3 Å². The summed E-state index contributed by atoms with van der Waals surface area (Å²) in [4.78, 5) is 35.6. The predicted octanol–water partition coefficient (Wildman–Crippen LogP) is 1.70. The minimum Gasteiger partial charge on any atom is -0.465 e. The van der Waals surface area contributed by atoms with E-state index in [0.717, 1.165) is 5.56 Å². The van der Waals surface area contributed by atoms with Gasteiger partial charge in [0.15, 0.2) is 0 Å². The van der Waals surface area contributed by atoms with Crippen LogP contribution in [0.3, 0.4) is 0 Å². The molecule has 0 aromatic heterocycles. The minimum absolute atomic E-state index is 0.0353. The van der Waals surface area contributed by atoms with E-state index >= 15 is 0 Å². The summed E-state index contributed by atoms with van der Waals surface area (Å²) in [6, 6.07) is 13.9. The van der Waals surface area contributed by atoms with Gasteiger partial charge in [-0.3, -0.25) is 4.79 Å². The number of hydrogen-bond acceptors (Lipinski definition) is 6. The van der Waals surface area contributed by atoms with Gasteiger partial charge in [-0.05, 0) is 23.8 Å². The highest BCUT2D eigenvalue weighted by molar-refractivity contribution is 5.98. The number of anilines is 1. The molecule has 0 bridgehead atoms. The number of nitrogens with one attached hydrogen (secondary N) is 2. The monoisotopic (exact) mass is 372 g/mol. The molecule has 0 saturated carbocycles. The summed E-state index contributed by atoms with van der Waals surface area (Å²) in [7, 11) is 1.25. The van der Waals surface area contributed by atoms with Crippen LogP contribution >= 0.6 is 0 Å². The van der Waals surface area contributed by atoms with Gasteiger partial charge >= 0.3 is 12.1 Å². The van der Waals surface area contributed by atoms with Crippen LogP contribution in [-0.2, 0) is 20.9 Å². The molecule has 0 radical (unpaired) electrons. The summed E-state index contributed by atoms with van der Waals surface area (Å²) in [5.41, 5.74) is 1.36. The molecule has 1 atom stereocenters. The third-order valence-electron chi connectivity index (χ3n) is 3.56. The average Bonchev–Trinajstić information content (AvgIpc) is 2.70. The zero-order chi connectivity index (χ0) is 19.6. The summed E-state index contributed by atoms with van der Waals surface area (Å²) >= 11 is 0. The normalized spacial score (nSPS) is 11.2. The lowest BCUT2D eigenvalue weighted by molar-refractivity contribution is -0.118. The average molecular weight is 372 g/mol. The van der Waals surface area contributed by atoms with Crippen LogP contribution in [0, 0.1) is 0 Å². The fourth-order valence-corrected chi connectivity index (χ4v) is 2.17. The van der Waals surface area contributed by atoms with Gasteiger partial charge in [-0.15, -0.1) is 0 Å². The lowest BCUT2D eigenvalue weighted by Gasteiger charge is -2.16. The van der Waals surface area contributed by atoms with Crippen molar-refractivity contribution in [3.05, 3.63) is 65.7 Å². The van der Waals surface area contributed by atoms with Gasteiger partial charge in [-0.2, -0.15) is 0 Å². The second-order valence-corrected chi connectivity index (χ2v) is 5.50. The molecule has 2 rings (SSSR count). The highest BCUT2D eigenvalue weighted by Crippen LogP contribution is 2.12. The Bertz CT molecular complexity index is 794. The largest absolute Gasteiger partial charge is 0.465 e. The maximum absolute atomic E-state index is 12.2. The number of carbonyl (C=O) groups is 3. The number of hydrogen-bond donors (Lipinski definition) is 3. The predicted molar refractivity (Wildman–Crippen MR) is 97.0 cm³/mol. The van der Waals surface area contributed by atoms with E-state index in [1.807, 2.05) is 18.2 Å². The number of methoxy groups -OCH3 is 1. The molecule has 2 aromatic rings. The Labute approximate surface area is 156 Å². The van der Waals surface area contributed by atoms with Crippen molar-refractivity contribution in [3.8, 4) is 0 Å². The summed E-state index contributed by atoms with van der Waals surface area (Å²) in [5.74, 6) is -1.21. The van der Waals surface area contributed by atoms with E-state index < -0.39 is 30.6 Å². The second-order valence-electron chi connectivity index (χ2n) is 5.50. The molecule has 0 aliphatic heterocycles. The van der Waals surface area contributed by atoms with E-state index in [-0.39, 0.29) is 12.2 Å². The molecule has 2 amide bonds. The first-order chi connectivity index (χ1) is 13.0. The van der Waals surface area contributed by atoms with Gasteiger partial charge in [-0.1, -0.05) is 36.4 Å². The Morgan fingerprint density at radius 2 is 1.81 bits per heavy atom. The van der Waals surface area contributed by atoms with Crippen molar-refractivity contribution in [2.45, 2.75) is 12.6 Å². The Hall–Kier alpha value is -3.39. The molecule has 1 unspecified atom stereocenters. The van der Waals surface area contributed by atoms with Crippen LogP contribution in [0.1, 0.15) is 15.9 Å². The summed E-state index contributed by atoms with van der Waals surface area (Å²) in [5, 5.41) is 14.2. The fourth-order valence-electron chi connectivity index (χ4n) is 2.17. The van der Waals surface area contributed by atoms with Gasteiger partial charge in [0, 0.05) is 5.69 Å². The summed E-state index contributed by atoms with van der Waals surface area (Å²) in [6.45, 7) is -0.587. The molecule has 0 aliphatic rings. The van der Waals surface area contributed by atoms with E-state index in [1.165, 1.54) is 19.2 Å². The molecule has 8 nitrogen and oxygen atoms in total. The highest BCUT2D eigenvalue weighted by atomic mass is 16.5. The van der Waals surface area contributed by atoms with Crippen molar-refractivity contribution in [2.75, 3.05) is 19.0 Å². The van der Waals surface area contributed by atoms with Crippen LogP contribution < -0.4 is 10.6 Å². The molecular weight excluding hydrogens is 352 g/mol. The number of ether oxygens (including phenoxy) is 2. The Balaban J connectivity index is 1.91. The molecule has 0 saturated heterocycles. The van der Waals surface area contributed by atoms with Crippen molar-refractivity contribution in [3.63, 3.8) is 0 Å². The Morgan fingerprint density at radius 1 is 1.07 bits per heavy atom. The third-order valence-corrected chi connectivity index (χ3v) is 3.56. The van der Waals surface area contributed by atoms with Crippen LogP contribution in [-0.4, -0.2) is 42.8 Å². The first-order valence-electron chi connectivity index (χ1n) is 8.10. The van der Waals surface area contributed by atoms with Crippen LogP contribution in [0.2, 0.25) is 0 Å². The first-order valence-corrected chi connectivity index (χ1v) is 8.10. The summed E-state index contributed by atoms with van der Waals surface area (Å²) in [6.07, 6.45) is -0.837. The zero-order valence-electron chi connectivity index (χ0n) is 14.7. The van der Waals surface area contributed by atoms with Crippen LogP contribution in [0.25, 0.3) is 0 Å². The van der Waals surface area contributed by atoms with Crippen molar-refractivity contribution in [1.82, 2.24) is 5.32 Å². The van der Waals surface area contributed by atoms with Crippen molar-refractivity contribution in [2.24, 2.45) is 0 Å². The highest BCUT2D eigenvalue weighted by Gasteiger charge is 2.21. The SMILES string of the molecule is COC(=O)c1cccc(NC(=O)C(CO)NC(=O)OCc2ccccc2)c1. The number of aliphatic hydroxyl groups excluding tert-OH is 1. The second kappa shape index (κ2) is 9.93. The topological polar surface area (TPSA) is 114 Å². The molecule has 0 spiro atoms.